The molecule has 5 heteroatoms. The number of carboxylic acid groups (broad SMARTS) is 1. The Bertz CT molecular complexity index is 261. The number of hydrogen-bond donors (Lipinski definition) is 2. The predicted octanol–water partition coefficient (Wildman–Crippen LogP) is -0.0841. The van der Waals surface area contributed by atoms with Gasteiger partial charge in [0.05, 0.1) is 6.04 Å². The number of carbonyl (C=O) groups excluding carboxylic acids is 1. The van der Waals surface area contributed by atoms with E-state index in [9.17, 15) is 9.59 Å². The third-order valence-corrected chi connectivity index (χ3v) is 2.60. The molecule has 0 aromatic heterocycles. The predicted molar refractivity (Wildman–Crippen MR) is 55.4 cm³/mol. The van der Waals surface area contributed by atoms with Gasteiger partial charge < -0.3 is 10.0 Å². The van der Waals surface area contributed by atoms with Crippen molar-refractivity contribution in [3.8, 4) is 0 Å². The molecule has 0 saturated heterocycles. The van der Waals surface area contributed by atoms with Gasteiger partial charge in [0.15, 0.2) is 0 Å². The van der Waals surface area contributed by atoms with Crippen LogP contribution in [0.2, 0.25) is 0 Å². The van der Waals surface area contributed by atoms with E-state index < -0.39 is 18.1 Å². The van der Waals surface area contributed by atoms with E-state index in [0.717, 1.165) is 12.8 Å². The van der Waals surface area contributed by atoms with Crippen molar-refractivity contribution in [3.05, 3.63) is 0 Å². The summed E-state index contributed by atoms with van der Waals surface area (Å²) in [5, 5.41) is 11.8. The van der Waals surface area contributed by atoms with Crippen molar-refractivity contribution in [2.24, 2.45) is 5.92 Å². The molecule has 0 aromatic rings. The maximum Gasteiger partial charge on any atom is 0.321 e. The van der Waals surface area contributed by atoms with Crippen LogP contribution in [0.25, 0.3) is 0 Å². The lowest BCUT2D eigenvalue weighted by Gasteiger charge is -2.22. The summed E-state index contributed by atoms with van der Waals surface area (Å²) in [4.78, 5) is 23.9. The van der Waals surface area contributed by atoms with Crippen LogP contribution in [0.3, 0.4) is 0 Å². The number of carboxylic acids is 1. The number of aliphatic carboxylic acids is 1. The minimum Gasteiger partial charge on any atom is -0.480 e. The number of likely N-dealkylation sites (N-methyl/N-ethyl adjacent to an activating group) is 1. The summed E-state index contributed by atoms with van der Waals surface area (Å²) in [7, 11) is 3.32. The highest BCUT2D eigenvalue weighted by atomic mass is 16.4. The molecule has 0 spiro atoms. The molecule has 2 unspecified atom stereocenters. The maximum atomic E-state index is 11.5. The van der Waals surface area contributed by atoms with Crippen molar-refractivity contribution in [2.45, 2.75) is 31.8 Å². The molecule has 0 radical (unpaired) electrons. The first-order valence-electron chi connectivity index (χ1n) is 5.13. The summed E-state index contributed by atoms with van der Waals surface area (Å²) in [5.41, 5.74) is 0. The topological polar surface area (TPSA) is 69.6 Å². The summed E-state index contributed by atoms with van der Waals surface area (Å²) in [6, 6.07) is -1.02. The molecule has 1 aliphatic carbocycles. The van der Waals surface area contributed by atoms with Crippen molar-refractivity contribution in [1.29, 1.82) is 0 Å². The molecule has 1 fully saturated rings. The van der Waals surface area contributed by atoms with Gasteiger partial charge in [0.1, 0.15) is 6.04 Å². The zero-order chi connectivity index (χ0) is 11.6. The Hall–Kier alpha value is -1.10. The normalized spacial score (nSPS) is 19.4. The molecule has 0 aliphatic heterocycles. The van der Waals surface area contributed by atoms with Crippen LogP contribution in [0, 0.1) is 5.92 Å². The summed E-state index contributed by atoms with van der Waals surface area (Å²) in [6.45, 7) is 1.70. The van der Waals surface area contributed by atoms with Crippen molar-refractivity contribution < 1.29 is 14.7 Å². The van der Waals surface area contributed by atoms with Gasteiger partial charge >= 0.3 is 5.97 Å². The fourth-order valence-corrected chi connectivity index (χ4v) is 1.57. The maximum absolute atomic E-state index is 11.5. The molecule has 1 amide bonds. The van der Waals surface area contributed by atoms with Crippen molar-refractivity contribution >= 4 is 11.9 Å². The average molecular weight is 214 g/mol. The average Bonchev–Trinajstić information content (AvgIpc) is 2.95. The Morgan fingerprint density at radius 2 is 1.93 bits per heavy atom. The monoisotopic (exact) mass is 214 g/mol. The first-order chi connectivity index (χ1) is 6.93. The number of nitrogens with one attached hydrogen (secondary N) is 1. The van der Waals surface area contributed by atoms with Gasteiger partial charge in [0, 0.05) is 14.1 Å². The molecule has 2 atom stereocenters. The zero-order valence-corrected chi connectivity index (χ0v) is 9.36. The molecule has 0 bridgehead atoms. The van der Waals surface area contributed by atoms with E-state index >= 15 is 0 Å². The third kappa shape index (κ3) is 3.20. The van der Waals surface area contributed by atoms with Crippen LogP contribution >= 0.6 is 0 Å². The molecule has 86 valence electrons. The number of nitrogens with zero attached hydrogens (tertiary/aromatic N) is 1. The van der Waals surface area contributed by atoms with E-state index in [1.54, 1.807) is 21.0 Å². The standard InChI is InChI=1S/C10H18N2O3/c1-6(9(13)12(2)3)11-8(10(14)15)7-4-5-7/h6-8,11H,4-5H2,1-3H3,(H,14,15). The molecular weight excluding hydrogens is 196 g/mol. The highest BCUT2D eigenvalue weighted by Gasteiger charge is 2.37. The number of rotatable bonds is 5. The molecule has 1 rings (SSSR count). The van der Waals surface area contributed by atoms with Gasteiger partial charge in [-0.15, -0.1) is 0 Å². The Labute approximate surface area is 89.4 Å². The molecule has 2 N–H and O–H groups in total. The molecule has 0 heterocycles. The minimum absolute atomic E-state index is 0.0955. The molecule has 5 nitrogen and oxygen atoms in total. The molecule has 0 aromatic carbocycles. The van der Waals surface area contributed by atoms with E-state index in [0.29, 0.717) is 0 Å². The van der Waals surface area contributed by atoms with Crippen LogP contribution < -0.4 is 5.32 Å². The lowest BCUT2D eigenvalue weighted by molar-refractivity contribution is -0.140. The third-order valence-electron chi connectivity index (χ3n) is 2.60. The Morgan fingerprint density at radius 1 is 1.40 bits per heavy atom. The second-order valence-electron chi connectivity index (χ2n) is 4.27. The molecule has 1 saturated carbocycles. The Balaban J connectivity index is 2.50. The number of hydrogen-bond acceptors (Lipinski definition) is 3. The van der Waals surface area contributed by atoms with E-state index in [1.807, 2.05) is 0 Å². The van der Waals surface area contributed by atoms with Crippen LogP contribution in [0.1, 0.15) is 19.8 Å². The largest absolute Gasteiger partial charge is 0.480 e. The number of carbonyl (C=O) groups is 2. The zero-order valence-electron chi connectivity index (χ0n) is 9.36. The quantitative estimate of drug-likeness (QED) is 0.671. The summed E-state index contributed by atoms with van der Waals surface area (Å²) >= 11 is 0. The van der Waals surface area contributed by atoms with Gasteiger partial charge in [-0.3, -0.25) is 14.9 Å². The highest BCUT2D eigenvalue weighted by Crippen LogP contribution is 2.32. The second kappa shape index (κ2) is 4.61. The van der Waals surface area contributed by atoms with E-state index in [-0.39, 0.29) is 11.8 Å². The Kier molecular flexibility index (Phi) is 3.68. The van der Waals surface area contributed by atoms with Gasteiger partial charge in [0.2, 0.25) is 5.91 Å². The van der Waals surface area contributed by atoms with E-state index in [2.05, 4.69) is 5.32 Å². The summed E-state index contributed by atoms with van der Waals surface area (Å²) in [5.74, 6) is -0.766. The minimum atomic E-state index is -0.865. The first kappa shape index (κ1) is 12.0. The van der Waals surface area contributed by atoms with Crippen LogP contribution in [0.15, 0.2) is 0 Å². The Morgan fingerprint density at radius 3 is 2.27 bits per heavy atom. The van der Waals surface area contributed by atoms with Gasteiger partial charge in [-0.2, -0.15) is 0 Å². The number of amides is 1. The molecule has 1 aliphatic rings. The lowest BCUT2D eigenvalue weighted by atomic mass is 10.1. The van der Waals surface area contributed by atoms with Gasteiger partial charge in [-0.05, 0) is 25.7 Å². The smallest absolute Gasteiger partial charge is 0.321 e. The van der Waals surface area contributed by atoms with E-state index in [4.69, 9.17) is 5.11 Å². The van der Waals surface area contributed by atoms with Crippen molar-refractivity contribution in [3.63, 3.8) is 0 Å². The van der Waals surface area contributed by atoms with E-state index in [1.165, 1.54) is 4.90 Å². The van der Waals surface area contributed by atoms with Crippen LogP contribution in [0.4, 0.5) is 0 Å². The molecular formula is C10H18N2O3. The summed E-state index contributed by atoms with van der Waals surface area (Å²) in [6.07, 6.45) is 1.87. The SMILES string of the molecule is CC(NC(C(=O)O)C1CC1)C(=O)N(C)C. The first-order valence-corrected chi connectivity index (χ1v) is 5.13. The lowest BCUT2D eigenvalue weighted by Crippen LogP contribution is -2.50. The van der Waals surface area contributed by atoms with Crippen LogP contribution in [0.5, 0.6) is 0 Å². The fourth-order valence-electron chi connectivity index (χ4n) is 1.57. The summed E-state index contributed by atoms with van der Waals surface area (Å²) < 4.78 is 0. The van der Waals surface area contributed by atoms with Crippen LogP contribution in [-0.4, -0.2) is 48.1 Å². The van der Waals surface area contributed by atoms with Gasteiger partial charge in [0.25, 0.3) is 0 Å². The van der Waals surface area contributed by atoms with Gasteiger partial charge in [-0.25, -0.2) is 0 Å². The van der Waals surface area contributed by atoms with Gasteiger partial charge in [-0.1, -0.05) is 0 Å². The highest BCUT2D eigenvalue weighted by molar-refractivity contribution is 5.82. The van der Waals surface area contributed by atoms with Crippen molar-refractivity contribution in [1.82, 2.24) is 10.2 Å². The molecule has 15 heavy (non-hydrogen) atoms. The van der Waals surface area contributed by atoms with Crippen LogP contribution in [-0.2, 0) is 9.59 Å². The van der Waals surface area contributed by atoms with Crippen molar-refractivity contribution in [2.75, 3.05) is 14.1 Å². The second-order valence-corrected chi connectivity index (χ2v) is 4.27. The fraction of sp³-hybridized carbons (Fsp3) is 0.800.